The van der Waals surface area contributed by atoms with E-state index in [1.165, 1.54) is 11.8 Å². The van der Waals surface area contributed by atoms with E-state index in [1.54, 1.807) is 0 Å². The van der Waals surface area contributed by atoms with E-state index in [0.29, 0.717) is 15.9 Å². The van der Waals surface area contributed by atoms with Gasteiger partial charge in [-0.3, -0.25) is 9.36 Å². The normalized spacial score (nSPS) is 10.9. The minimum absolute atomic E-state index is 0.130. The van der Waals surface area contributed by atoms with Crippen LogP contribution in [0.1, 0.15) is 26.7 Å². The lowest BCUT2D eigenvalue weighted by Crippen LogP contribution is -2.33. The molecule has 1 amide bonds. The molecular formula is C22H25ClN4OS. The van der Waals surface area contributed by atoms with Crippen LogP contribution >= 0.6 is 23.4 Å². The van der Waals surface area contributed by atoms with Crippen molar-refractivity contribution >= 4 is 29.3 Å². The lowest BCUT2D eigenvalue weighted by Gasteiger charge is -2.21. The van der Waals surface area contributed by atoms with Gasteiger partial charge in [-0.25, -0.2) is 0 Å². The number of rotatable bonds is 9. The smallest absolute Gasteiger partial charge is 0.233 e. The Morgan fingerprint density at radius 1 is 1.00 bits per heavy atom. The Hall–Kier alpha value is -2.31. The van der Waals surface area contributed by atoms with Crippen LogP contribution < -0.4 is 0 Å². The number of halogens is 1. The van der Waals surface area contributed by atoms with Crippen molar-refractivity contribution in [3.05, 3.63) is 59.6 Å². The Morgan fingerprint density at radius 3 is 2.28 bits per heavy atom. The molecule has 0 aliphatic heterocycles. The van der Waals surface area contributed by atoms with Crippen molar-refractivity contribution in [2.45, 2.75) is 31.8 Å². The largest absolute Gasteiger partial charge is 0.342 e. The van der Waals surface area contributed by atoms with E-state index in [-0.39, 0.29) is 5.91 Å². The molecule has 0 aliphatic rings. The number of aromatic nitrogens is 3. The molecule has 0 fully saturated rings. The summed E-state index contributed by atoms with van der Waals surface area (Å²) < 4.78 is 1.98. The maximum atomic E-state index is 12.7. The average molecular weight is 429 g/mol. The Kier molecular flexibility index (Phi) is 7.72. The maximum Gasteiger partial charge on any atom is 0.233 e. The summed E-state index contributed by atoms with van der Waals surface area (Å²) in [5.41, 5.74) is 1.87. The summed E-state index contributed by atoms with van der Waals surface area (Å²) in [6.45, 7) is 5.75. The molecule has 0 aliphatic carbocycles. The fraction of sp³-hybridized carbons (Fsp3) is 0.318. The highest BCUT2D eigenvalue weighted by Gasteiger charge is 2.19. The number of hydrogen-bond donors (Lipinski definition) is 0. The Balaban J connectivity index is 1.90. The van der Waals surface area contributed by atoms with Crippen LogP contribution in [0.4, 0.5) is 0 Å². The number of amides is 1. The van der Waals surface area contributed by atoms with Crippen LogP contribution in [-0.2, 0) is 4.79 Å². The van der Waals surface area contributed by atoms with Crippen LogP contribution in [0, 0.1) is 0 Å². The second kappa shape index (κ2) is 10.5. The minimum atomic E-state index is 0.130. The molecule has 1 heterocycles. The monoisotopic (exact) mass is 428 g/mol. The van der Waals surface area contributed by atoms with Crippen LogP contribution in [0.15, 0.2) is 59.8 Å². The summed E-state index contributed by atoms with van der Waals surface area (Å²) in [4.78, 5) is 14.6. The first-order valence-electron chi connectivity index (χ1n) is 9.81. The Bertz CT molecular complexity index is 922. The summed E-state index contributed by atoms with van der Waals surface area (Å²) in [5.74, 6) is 1.20. The van der Waals surface area contributed by atoms with Crippen molar-refractivity contribution in [2.24, 2.45) is 0 Å². The number of carbonyl (C=O) groups is 1. The third kappa shape index (κ3) is 5.40. The molecule has 152 valence electrons. The van der Waals surface area contributed by atoms with Gasteiger partial charge in [0.2, 0.25) is 5.91 Å². The van der Waals surface area contributed by atoms with Crippen LogP contribution in [0.25, 0.3) is 17.1 Å². The molecule has 0 N–H and O–H groups in total. The van der Waals surface area contributed by atoms with E-state index in [2.05, 4.69) is 24.0 Å². The maximum absolute atomic E-state index is 12.7. The predicted octanol–water partition coefficient (Wildman–Crippen LogP) is 5.33. The van der Waals surface area contributed by atoms with Gasteiger partial charge < -0.3 is 4.90 Å². The molecule has 0 unspecified atom stereocenters. The second-order valence-corrected chi connectivity index (χ2v) is 8.03. The van der Waals surface area contributed by atoms with Gasteiger partial charge in [0.05, 0.1) is 5.75 Å². The molecule has 0 atom stereocenters. The third-order valence-electron chi connectivity index (χ3n) is 4.41. The van der Waals surface area contributed by atoms with Gasteiger partial charge in [-0.2, -0.15) is 0 Å². The first-order valence-corrected chi connectivity index (χ1v) is 11.2. The van der Waals surface area contributed by atoms with Crippen LogP contribution in [0.5, 0.6) is 0 Å². The van der Waals surface area contributed by atoms with Crippen molar-refractivity contribution in [1.82, 2.24) is 19.7 Å². The molecular weight excluding hydrogens is 404 g/mol. The highest BCUT2D eigenvalue weighted by atomic mass is 35.5. The molecule has 0 saturated carbocycles. The number of carbonyl (C=O) groups excluding carboxylic acids is 1. The molecule has 5 nitrogen and oxygen atoms in total. The first-order chi connectivity index (χ1) is 14.1. The topological polar surface area (TPSA) is 51.0 Å². The third-order valence-corrected chi connectivity index (χ3v) is 5.58. The van der Waals surface area contributed by atoms with Gasteiger partial charge in [0.15, 0.2) is 11.0 Å². The molecule has 0 bridgehead atoms. The van der Waals surface area contributed by atoms with E-state index in [9.17, 15) is 4.79 Å². The Labute approximate surface area is 181 Å². The van der Waals surface area contributed by atoms with Gasteiger partial charge in [-0.05, 0) is 37.1 Å². The number of benzene rings is 2. The molecule has 3 rings (SSSR count). The fourth-order valence-electron chi connectivity index (χ4n) is 3.08. The van der Waals surface area contributed by atoms with Crippen molar-refractivity contribution in [2.75, 3.05) is 18.8 Å². The summed E-state index contributed by atoms with van der Waals surface area (Å²) in [6, 6.07) is 17.5. The predicted molar refractivity (Wildman–Crippen MR) is 120 cm³/mol. The lowest BCUT2D eigenvalue weighted by molar-refractivity contribution is -0.128. The second-order valence-electron chi connectivity index (χ2n) is 6.65. The number of thioether (sulfide) groups is 1. The Morgan fingerprint density at radius 2 is 1.66 bits per heavy atom. The van der Waals surface area contributed by atoms with Crippen molar-refractivity contribution in [3.63, 3.8) is 0 Å². The van der Waals surface area contributed by atoms with Gasteiger partial charge >= 0.3 is 0 Å². The molecule has 2 aromatic carbocycles. The van der Waals surface area contributed by atoms with Crippen molar-refractivity contribution < 1.29 is 4.79 Å². The zero-order chi connectivity index (χ0) is 20.6. The highest BCUT2D eigenvalue weighted by Crippen LogP contribution is 2.28. The van der Waals surface area contributed by atoms with Gasteiger partial charge in [-0.1, -0.05) is 67.5 Å². The number of nitrogens with zero attached hydrogens (tertiary/aromatic N) is 4. The summed E-state index contributed by atoms with van der Waals surface area (Å²) >= 11 is 7.49. The van der Waals surface area contributed by atoms with E-state index < -0.39 is 0 Å². The SMILES string of the molecule is CCCN(CCC)C(=O)CSc1nnc(-c2ccccc2)n1-c1ccc(Cl)cc1. The van der Waals surface area contributed by atoms with Crippen LogP contribution in [0.3, 0.4) is 0 Å². The van der Waals surface area contributed by atoms with Gasteiger partial charge in [-0.15, -0.1) is 10.2 Å². The standard InChI is InChI=1S/C22H25ClN4OS/c1-3-14-26(15-4-2)20(28)16-29-22-25-24-21(17-8-6-5-7-9-17)27(22)19-12-10-18(23)11-13-19/h5-13H,3-4,14-16H2,1-2H3. The highest BCUT2D eigenvalue weighted by molar-refractivity contribution is 7.99. The van der Waals surface area contributed by atoms with E-state index in [1.807, 2.05) is 64.1 Å². The number of hydrogen-bond acceptors (Lipinski definition) is 4. The summed E-state index contributed by atoms with van der Waals surface area (Å²) in [5, 5.41) is 10.2. The quantitative estimate of drug-likeness (QED) is 0.432. The van der Waals surface area contributed by atoms with Gasteiger partial charge in [0.1, 0.15) is 0 Å². The molecule has 29 heavy (non-hydrogen) atoms. The lowest BCUT2D eigenvalue weighted by atomic mass is 10.2. The minimum Gasteiger partial charge on any atom is -0.342 e. The summed E-state index contributed by atoms with van der Waals surface area (Å²) in [6.07, 6.45) is 1.91. The summed E-state index contributed by atoms with van der Waals surface area (Å²) in [7, 11) is 0. The zero-order valence-corrected chi connectivity index (χ0v) is 18.3. The van der Waals surface area contributed by atoms with Gasteiger partial charge in [0.25, 0.3) is 0 Å². The molecule has 3 aromatic rings. The van der Waals surface area contributed by atoms with E-state index in [4.69, 9.17) is 11.6 Å². The van der Waals surface area contributed by atoms with E-state index in [0.717, 1.165) is 43.0 Å². The van der Waals surface area contributed by atoms with E-state index >= 15 is 0 Å². The molecule has 1 aromatic heterocycles. The van der Waals surface area contributed by atoms with Crippen molar-refractivity contribution in [1.29, 1.82) is 0 Å². The molecule has 0 saturated heterocycles. The average Bonchev–Trinajstić information content (AvgIpc) is 3.17. The molecule has 0 radical (unpaired) electrons. The fourth-order valence-corrected chi connectivity index (χ4v) is 4.06. The van der Waals surface area contributed by atoms with Crippen LogP contribution in [-0.4, -0.2) is 44.4 Å². The zero-order valence-electron chi connectivity index (χ0n) is 16.7. The van der Waals surface area contributed by atoms with Crippen molar-refractivity contribution in [3.8, 4) is 17.1 Å². The molecule has 7 heteroatoms. The molecule has 0 spiro atoms. The van der Waals surface area contributed by atoms with Crippen LogP contribution in [0.2, 0.25) is 5.02 Å². The first kappa shape index (κ1) is 21.4. The van der Waals surface area contributed by atoms with Gasteiger partial charge in [0, 0.05) is 29.4 Å².